The number of carbonyl (C=O) groups excluding carboxylic acids is 1. The molecule has 1 amide bonds. The summed E-state index contributed by atoms with van der Waals surface area (Å²) in [6.45, 7) is 3.01. The van der Waals surface area contributed by atoms with Crippen molar-refractivity contribution in [1.29, 1.82) is 0 Å². The van der Waals surface area contributed by atoms with Crippen molar-refractivity contribution in [1.82, 2.24) is 5.32 Å². The normalized spacial score (nSPS) is 22.7. The van der Waals surface area contributed by atoms with Crippen molar-refractivity contribution in [2.24, 2.45) is 11.8 Å². The molecule has 1 aromatic rings. The summed E-state index contributed by atoms with van der Waals surface area (Å²) in [5, 5.41) is 3.18. The van der Waals surface area contributed by atoms with Gasteiger partial charge in [0.25, 0.3) is 0 Å². The molecule has 0 spiro atoms. The Kier molecular flexibility index (Phi) is 5.36. The van der Waals surface area contributed by atoms with Gasteiger partial charge in [-0.05, 0) is 43.2 Å². The Bertz CT molecular complexity index is 468. The van der Waals surface area contributed by atoms with Gasteiger partial charge in [-0.1, -0.05) is 37.5 Å². The van der Waals surface area contributed by atoms with E-state index in [1.807, 2.05) is 0 Å². The molecule has 3 heteroatoms. The predicted molar refractivity (Wildman–Crippen MR) is 91.0 cm³/mol. The molecule has 1 unspecified atom stereocenters. The lowest BCUT2D eigenvalue weighted by atomic mass is 9.87. The molecule has 1 aliphatic carbocycles. The number of rotatable bonds is 5. The molecule has 2 aliphatic rings. The Morgan fingerprint density at radius 3 is 2.59 bits per heavy atom. The molecule has 3 rings (SSSR count). The summed E-state index contributed by atoms with van der Waals surface area (Å²) in [5.74, 6) is 1.50. The molecule has 3 nitrogen and oxygen atoms in total. The van der Waals surface area contributed by atoms with Crippen molar-refractivity contribution >= 4 is 11.6 Å². The van der Waals surface area contributed by atoms with Crippen molar-refractivity contribution in [3.05, 3.63) is 30.3 Å². The molecule has 0 aromatic heterocycles. The number of nitrogens with zero attached hydrogens (tertiary/aromatic N) is 1. The van der Waals surface area contributed by atoms with Crippen molar-refractivity contribution in [2.45, 2.75) is 44.9 Å². The van der Waals surface area contributed by atoms with E-state index in [1.54, 1.807) is 0 Å². The zero-order valence-corrected chi connectivity index (χ0v) is 13.5. The van der Waals surface area contributed by atoms with Gasteiger partial charge in [0, 0.05) is 31.7 Å². The van der Waals surface area contributed by atoms with Crippen LogP contribution in [0.3, 0.4) is 0 Å². The highest BCUT2D eigenvalue weighted by atomic mass is 16.1. The third-order valence-electron chi connectivity index (χ3n) is 5.19. The van der Waals surface area contributed by atoms with Gasteiger partial charge in [0.2, 0.25) is 5.91 Å². The van der Waals surface area contributed by atoms with Gasteiger partial charge in [-0.15, -0.1) is 0 Å². The molecule has 2 fully saturated rings. The molecule has 0 radical (unpaired) electrons. The standard InChI is InChI=1S/C19H28N2O/c22-19(13-16-7-3-1-4-8-16)20-14-17-11-12-21(15-17)18-9-5-2-6-10-18/h2,5-6,9-10,16-17H,1,3-4,7-8,11-15H2,(H,20,22). The van der Waals surface area contributed by atoms with E-state index in [4.69, 9.17) is 0 Å². The maximum atomic E-state index is 12.1. The molecule has 1 saturated carbocycles. The molecule has 120 valence electrons. The van der Waals surface area contributed by atoms with Gasteiger partial charge < -0.3 is 10.2 Å². The highest BCUT2D eigenvalue weighted by Gasteiger charge is 2.23. The van der Waals surface area contributed by atoms with Crippen LogP contribution in [0.15, 0.2) is 30.3 Å². The molecular weight excluding hydrogens is 272 g/mol. The molecule has 0 bridgehead atoms. The Morgan fingerprint density at radius 1 is 1.05 bits per heavy atom. The number of benzene rings is 1. The zero-order valence-electron chi connectivity index (χ0n) is 13.5. The van der Waals surface area contributed by atoms with Crippen LogP contribution >= 0.6 is 0 Å². The largest absolute Gasteiger partial charge is 0.371 e. The molecule has 22 heavy (non-hydrogen) atoms. The van der Waals surface area contributed by atoms with Crippen LogP contribution in [-0.4, -0.2) is 25.5 Å². The zero-order chi connectivity index (χ0) is 15.2. The summed E-state index contributed by atoms with van der Waals surface area (Å²) in [7, 11) is 0. The lowest BCUT2D eigenvalue weighted by Crippen LogP contribution is -2.32. The highest BCUT2D eigenvalue weighted by Crippen LogP contribution is 2.26. The monoisotopic (exact) mass is 300 g/mol. The maximum Gasteiger partial charge on any atom is 0.220 e. The first-order valence-electron chi connectivity index (χ1n) is 8.88. The Morgan fingerprint density at radius 2 is 1.82 bits per heavy atom. The van der Waals surface area contributed by atoms with Crippen LogP contribution in [0.5, 0.6) is 0 Å². The first-order chi connectivity index (χ1) is 10.8. The van der Waals surface area contributed by atoms with E-state index in [1.165, 1.54) is 44.2 Å². The quantitative estimate of drug-likeness (QED) is 0.901. The predicted octanol–water partition coefficient (Wildman–Crippen LogP) is 3.60. The molecular formula is C19H28N2O. The van der Waals surface area contributed by atoms with E-state index in [2.05, 4.69) is 40.5 Å². The van der Waals surface area contributed by atoms with E-state index in [9.17, 15) is 4.79 Å². The average molecular weight is 300 g/mol. The van der Waals surface area contributed by atoms with Gasteiger partial charge in [-0.2, -0.15) is 0 Å². The van der Waals surface area contributed by atoms with Crippen molar-refractivity contribution in [2.75, 3.05) is 24.5 Å². The summed E-state index contributed by atoms with van der Waals surface area (Å²) in [6, 6.07) is 10.6. The van der Waals surface area contributed by atoms with Crippen molar-refractivity contribution in [3.63, 3.8) is 0 Å². The molecule has 1 aliphatic heterocycles. The van der Waals surface area contributed by atoms with Crippen molar-refractivity contribution < 1.29 is 4.79 Å². The summed E-state index contributed by atoms with van der Waals surface area (Å²) in [6.07, 6.45) is 8.40. The Balaban J connectivity index is 1.38. The fourth-order valence-electron chi connectivity index (χ4n) is 3.86. The van der Waals surface area contributed by atoms with Gasteiger partial charge in [0.15, 0.2) is 0 Å². The topological polar surface area (TPSA) is 32.3 Å². The third-order valence-corrected chi connectivity index (χ3v) is 5.19. The minimum atomic E-state index is 0.269. The SMILES string of the molecule is O=C(CC1CCCCC1)NCC1CCN(c2ccccc2)C1. The number of amides is 1. The summed E-state index contributed by atoms with van der Waals surface area (Å²) < 4.78 is 0. The maximum absolute atomic E-state index is 12.1. The second-order valence-electron chi connectivity index (χ2n) is 6.95. The van der Waals surface area contributed by atoms with Crippen LogP contribution in [0.2, 0.25) is 0 Å². The van der Waals surface area contributed by atoms with Gasteiger partial charge in [-0.3, -0.25) is 4.79 Å². The van der Waals surface area contributed by atoms with Crippen LogP contribution in [0, 0.1) is 11.8 Å². The lowest BCUT2D eigenvalue weighted by molar-refractivity contribution is -0.122. The first-order valence-corrected chi connectivity index (χ1v) is 8.88. The number of hydrogen-bond acceptors (Lipinski definition) is 2. The van der Waals surface area contributed by atoms with E-state index in [0.717, 1.165) is 26.1 Å². The second-order valence-corrected chi connectivity index (χ2v) is 6.95. The summed E-state index contributed by atoms with van der Waals surface area (Å²) in [5.41, 5.74) is 1.30. The number of hydrogen-bond donors (Lipinski definition) is 1. The van der Waals surface area contributed by atoms with Crippen LogP contribution in [0.1, 0.15) is 44.9 Å². The number of anilines is 1. The number of para-hydroxylation sites is 1. The molecule has 1 heterocycles. The first kappa shape index (κ1) is 15.4. The molecule has 1 N–H and O–H groups in total. The van der Waals surface area contributed by atoms with E-state index in [0.29, 0.717) is 11.8 Å². The van der Waals surface area contributed by atoms with Gasteiger partial charge in [0.1, 0.15) is 0 Å². The van der Waals surface area contributed by atoms with Crippen LogP contribution in [0.25, 0.3) is 0 Å². The van der Waals surface area contributed by atoms with Gasteiger partial charge in [-0.25, -0.2) is 0 Å². The van der Waals surface area contributed by atoms with E-state index >= 15 is 0 Å². The molecule has 1 aromatic carbocycles. The fraction of sp³-hybridized carbons (Fsp3) is 0.632. The smallest absolute Gasteiger partial charge is 0.220 e. The van der Waals surface area contributed by atoms with Crippen LogP contribution in [0.4, 0.5) is 5.69 Å². The summed E-state index contributed by atoms with van der Waals surface area (Å²) >= 11 is 0. The lowest BCUT2D eigenvalue weighted by Gasteiger charge is -2.21. The van der Waals surface area contributed by atoms with E-state index < -0.39 is 0 Å². The van der Waals surface area contributed by atoms with E-state index in [-0.39, 0.29) is 5.91 Å². The van der Waals surface area contributed by atoms with Crippen LogP contribution in [-0.2, 0) is 4.79 Å². The highest BCUT2D eigenvalue weighted by molar-refractivity contribution is 5.76. The summed E-state index contributed by atoms with van der Waals surface area (Å²) in [4.78, 5) is 14.5. The number of carbonyl (C=O) groups is 1. The minimum absolute atomic E-state index is 0.269. The fourth-order valence-corrected chi connectivity index (χ4v) is 3.86. The van der Waals surface area contributed by atoms with Gasteiger partial charge in [0.05, 0.1) is 0 Å². The number of nitrogens with one attached hydrogen (secondary N) is 1. The molecule has 1 atom stereocenters. The van der Waals surface area contributed by atoms with Gasteiger partial charge >= 0.3 is 0 Å². The van der Waals surface area contributed by atoms with Crippen molar-refractivity contribution in [3.8, 4) is 0 Å². The second kappa shape index (κ2) is 7.66. The Labute approximate surface area is 134 Å². The average Bonchev–Trinajstić information content (AvgIpc) is 3.04. The minimum Gasteiger partial charge on any atom is -0.371 e. The Hall–Kier alpha value is -1.51. The van der Waals surface area contributed by atoms with Crippen LogP contribution < -0.4 is 10.2 Å². The molecule has 1 saturated heterocycles. The third kappa shape index (κ3) is 4.25.